The zero-order valence-electron chi connectivity index (χ0n) is 12.7. The molecule has 0 saturated heterocycles. The number of rotatable bonds is 5. The summed E-state index contributed by atoms with van der Waals surface area (Å²) in [5, 5.41) is 21.3. The zero-order chi connectivity index (χ0) is 16.9. The number of halogens is 1. The Labute approximate surface area is 152 Å². The molecule has 0 aliphatic rings. The minimum atomic E-state index is 0.155. The van der Waals surface area contributed by atoms with Gasteiger partial charge in [0.15, 0.2) is 5.82 Å². The molecule has 5 nitrogen and oxygen atoms in total. The van der Waals surface area contributed by atoms with Crippen LogP contribution in [0.25, 0.3) is 0 Å². The van der Waals surface area contributed by atoms with Gasteiger partial charge < -0.3 is 5.11 Å². The van der Waals surface area contributed by atoms with Gasteiger partial charge >= 0.3 is 0 Å². The first-order chi connectivity index (χ1) is 11.6. The fraction of sp³-hybridized carbons (Fsp3) is 0.118. The number of nitrogens with zero attached hydrogens (tertiary/aromatic N) is 3. The van der Waals surface area contributed by atoms with Gasteiger partial charge in [-0.3, -0.25) is 5.10 Å². The largest absolute Gasteiger partial charge is 0.507 e. The highest BCUT2D eigenvalue weighted by molar-refractivity contribution is 9.10. The van der Waals surface area contributed by atoms with Gasteiger partial charge in [-0.2, -0.15) is 14.9 Å². The normalized spacial score (nSPS) is 11.2. The van der Waals surface area contributed by atoms with Crippen LogP contribution in [0.15, 0.2) is 58.1 Å². The lowest BCUT2D eigenvalue weighted by Gasteiger charge is -2.02. The molecule has 0 radical (unpaired) electrons. The van der Waals surface area contributed by atoms with Crippen molar-refractivity contribution in [2.24, 2.45) is 5.10 Å². The zero-order valence-corrected chi connectivity index (χ0v) is 15.1. The van der Waals surface area contributed by atoms with Crippen LogP contribution < -0.4 is 0 Å². The number of nitrogens with one attached hydrogen (secondary N) is 1. The molecule has 7 heteroatoms. The molecule has 0 spiro atoms. The van der Waals surface area contributed by atoms with E-state index in [0.29, 0.717) is 16.8 Å². The smallest absolute Gasteiger partial charge is 0.216 e. The number of aromatic hydroxyl groups is 1. The monoisotopic (exact) mass is 402 g/mol. The van der Waals surface area contributed by atoms with Crippen LogP contribution in [0.3, 0.4) is 0 Å². The van der Waals surface area contributed by atoms with E-state index in [-0.39, 0.29) is 5.75 Å². The molecule has 0 bridgehead atoms. The minimum absolute atomic E-state index is 0.155. The topological polar surface area (TPSA) is 66.2 Å². The average Bonchev–Trinajstić information content (AvgIpc) is 2.95. The van der Waals surface area contributed by atoms with Crippen LogP contribution >= 0.6 is 28.1 Å². The number of phenols is 1. The standard InChI is InChI=1S/C17H15BrN4OS/c18-14-7-8-15(23)13(10-14)11-19-22-16(20-21-17(22)24)9-6-12-4-2-1-3-5-12/h1-5,7-8,10-11,23H,6,9H2,(H,21,24)/b19-11-. The molecule has 1 heterocycles. The summed E-state index contributed by atoms with van der Waals surface area (Å²) in [7, 11) is 0. The van der Waals surface area contributed by atoms with Crippen molar-refractivity contribution < 1.29 is 5.11 Å². The van der Waals surface area contributed by atoms with Gasteiger partial charge in [-0.25, -0.2) is 0 Å². The van der Waals surface area contributed by atoms with Crippen LogP contribution in [0.4, 0.5) is 0 Å². The van der Waals surface area contributed by atoms with E-state index in [1.165, 1.54) is 5.56 Å². The van der Waals surface area contributed by atoms with E-state index in [2.05, 4.69) is 43.4 Å². The highest BCUT2D eigenvalue weighted by atomic mass is 79.9. The first-order valence-corrected chi connectivity index (χ1v) is 8.57. The van der Waals surface area contributed by atoms with Gasteiger partial charge in [-0.15, -0.1) is 0 Å². The molecule has 2 aromatic carbocycles. The SMILES string of the molecule is Oc1ccc(Br)cc1/C=N\n1c(CCc2ccccc2)n[nH]c1=S. The Balaban J connectivity index is 1.81. The third-order valence-corrected chi connectivity index (χ3v) is 4.26. The predicted molar refractivity (Wildman–Crippen MR) is 100 cm³/mol. The number of hydrogen-bond donors (Lipinski definition) is 2. The number of H-pyrrole nitrogens is 1. The number of hydrogen-bond acceptors (Lipinski definition) is 4. The summed E-state index contributed by atoms with van der Waals surface area (Å²) < 4.78 is 2.86. The van der Waals surface area contributed by atoms with E-state index in [9.17, 15) is 5.11 Å². The number of benzene rings is 2. The van der Waals surface area contributed by atoms with E-state index in [1.807, 2.05) is 18.2 Å². The molecule has 122 valence electrons. The lowest BCUT2D eigenvalue weighted by Crippen LogP contribution is -2.01. The van der Waals surface area contributed by atoms with Crippen molar-refractivity contribution in [3.05, 3.63) is 74.7 Å². The van der Waals surface area contributed by atoms with Crippen molar-refractivity contribution in [3.8, 4) is 5.75 Å². The Morgan fingerprint density at radius 2 is 2.00 bits per heavy atom. The molecule has 0 atom stereocenters. The van der Waals surface area contributed by atoms with Crippen molar-refractivity contribution >= 4 is 34.4 Å². The second-order valence-electron chi connectivity index (χ2n) is 5.19. The highest BCUT2D eigenvalue weighted by Gasteiger charge is 2.06. The van der Waals surface area contributed by atoms with Gasteiger partial charge in [0.2, 0.25) is 4.77 Å². The van der Waals surface area contributed by atoms with Crippen LogP contribution in [0.1, 0.15) is 17.0 Å². The highest BCUT2D eigenvalue weighted by Crippen LogP contribution is 2.20. The molecule has 24 heavy (non-hydrogen) atoms. The molecule has 0 saturated carbocycles. The Hall–Kier alpha value is -2.25. The molecule has 0 amide bonds. The maximum atomic E-state index is 9.88. The van der Waals surface area contributed by atoms with E-state index in [0.717, 1.165) is 16.7 Å². The second kappa shape index (κ2) is 7.55. The fourth-order valence-electron chi connectivity index (χ4n) is 2.25. The average molecular weight is 403 g/mol. The van der Waals surface area contributed by atoms with Crippen molar-refractivity contribution in [2.75, 3.05) is 0 Å². The molecule has 0 fully saturated rings. The van der Waals surface area contributed by atoms with Crippen LogP contribution in [0, 0.1) is 4.77 Å². The molecule has 1 aromatic heterocycles. The summed E-state index contributed by atoms with van der Waals surface area (Å²) in [6.45, 7) is 0. The molecule has 2 N–H and O–H groups in total. The summed E-state index contributed by atoms with van der Waals surface area (Å²) >= 11 is 8.61. The minimum Gasteiger partial charge on any atom is -0.507 e. The second-order valence-corrected chi connectivity index (χ2v) is 6.49. The van der Waals surface area contributed by atoms with E-state index in [1.54, 1.807) is 29.1 Å². The summed E-state index contributed by atoms with van der Waals surface area (Å²) in [5.74, 6) is 0.900. The van der Waals surface area contributed by atoms with Gasteiger partial charge in [0.1, 0.15) is 5.75 Å². The van der Waals surface area contributed by atoms with Crippen molar-refractivity contribution in [3.63, 3.8) is 0 Å². The summed E-state index contributed by atoms with van der Waals surface area (Å²) in [4.78, 5) is 0. The summed E-state index contributed by atoms with van der Waals surface area (Å²) in [6, 6.07) is 15.3. The Kier molecular flexibility index (Phi) is 5.22. The first-order valence-electron chi connectivity index (χ1n) is 7.36. The van der Waals surface area contributed by atoms with Crippen LogP contribution in [-0.4, -0.2) is 26.2 Å². The van der Waals surface area contributed by atoms with E-state index >= 15 is 0 Å². The lowest BCUT2D eigenvalue weighted by molar-refractivity contribution is 0.474. The molecule has 3 aromatic rings. The Bertz CT molecular complexity index is 918. The van der Waals surface area contributed by atoms with Gasteiger partial charge in [-0.05, 0) is 42.4 Å². The number of phenolic OH excluding ortho intramolecular Hbond substituents is 1. The number of aromatic nitrogens is 3. The summed E-state index contributed by atoms with van der Waals surface area (Å²) in [6.07, 6.45) is 3.12. The van der Waals surface area contributed by atoms with Crippen molar-refractivity contribution in [2.45, 2.75) is 12.8 Å². The maximum absolute atomic E-state index is 9.88. The molecule has 0 unspecified atom stereocenters. The maximum Gasteiger partial charge on any atom is 0.216 e. The summed E-state index contributed by atoms with van der Waals surface area (Å²) in [5.41, 5.74) is 1.83. The molecular formula is C17H15BrN4OS. The molecular weight excluding hydrogens is 388 g/mol. The molecule has 3 rings (SSSR count). The van der Waals surface area contributed by atoms with Gasteiger partial charge in [-0.1, -0.05) is 46.3 Å². The number of aromatic amines is 1. The van der Waals surface area contributed by atoms with Crippen LogP contribution in [0.5, 0.6) is 5.75 Å². The van der Waals surface area contributed by atoms with Gasteiger partial charge in [0.25, 0.3) is 0 Å². The Morgan fingerprint density at radius 1 is 1.21 bits per heavy atom. The predicted octanol–water partition coefficient (Wildman–Crippen LogP) is 4.08. The van der Waals surface area contributed by atoms with Crippen molar-refractivity contribution in [1.29, 1.82) is 0 Å². The third kappa shape index (κ3) is 3.98. The van der Waals surface area contributed by atoms with Gasteiger partial charge in [0, 0.05) is 16.5 Å². The van der Waals surface area contributed by atoms with E-state index in [4.69, 9.17) is 12.2 Å². The third-order valence-electron chi connectivity index (χ3n) is 3.50. The molecule has 0 aliphatic heterocycles. The fourth-order valence-corrected chi connectivity index (χ4v) is 2.83. The van der Waals surface area contributed by atoms with Crippen LogP contribution in [0.2, 0.25) is 0 Å². The lowest BCUT2D eigenvalue weighted by atomic mass is 10.1. The Morgan fingerprint density at radius 3 is 2.79 bits per heavy atom. The van der Waals surface area contributed by atoms with Crippen LogP contribution in [-0.2, 0) is 12.8 Å². The van der Waals surface area contributed by atoms with Crippen molar-refractivity contribution in [1.82, 2.24) is 14.9 Å². The van der Waals surface area contributed by atoms with Gasteiger partial charge in [0.05, 0.1) is 6.21 Å². The quantitative estimate of drug-likeness (QED) is 0.499. The first kappa shape index (κ1) is 16.6. The molecule has 0 aliphatic carbocycles. The number of aryl methyl sites for hydroxylation is 2. The van der Waals surface area contributed by atoms with E-state index < -0.39 is 0 Å².